The number of rotatable bonds is 0. The third-order valence-corrected chi connectivity index (χ3v) is 0.843. The molecule has 2 heteroatoms. The average molecular weight is 195 g/mol. The molecule has 0 nitrogen and oxygen atoms in total. The van der Waals surface area contributed by atoms with Crippen molar-refractivity contribution in [1.82, 2.24) is 0 Å². The summed E-state index contributed by atoms with van der Waals surface area (Å²) >= 11 is 0. The Morgan fingerprint density at radius 3 is 1.67 bits per heavy atom. The van der Waals surface area contributed by atoms with Crippen molar-refractivity contribution >= 4 is 23.1 Å². The van der Waals surface area contributed by atoms with Crippen molar-refractivity contribution in [3.8, 4) is 0 Å². The Hall–Kier alpha value is 0.336. The summed E-state index contributed by atoms with van der Waals surface area (Å²) in [7, 11) is 0. The van der Waals surface area contributed by atoms with E-state index in [0.717, 1.165) is 5.56 Å². The predicted octanol–water partition coefficient (Wildman–Crippen LogP) is -1.51. The van der Waals surface area contributed by atoms with E-state index >= 15 is 0 Å². The second-order valence-electron chi connectivity index (χ2n) is 1.49. The molecule has 0 unspecified atom stereocenters. The van der Waals surface area contributed by atoms with Gasteiger partial charge >= 0.3 is 23.1 Å². The topological polar surface area (TPSA) is 0 Å². The summed E-state index contributed by atoms with van der Waals surface area (Å²) in [6.45, 7) is 3.72. The van der Waals surface area contributed by atoms with Gasteiger partial charge in [-0.1, -0.05) is 6.07 Å². The first-order chi connectivity index (χ1) is 3.39. The van der Waals surface area contributed by atoms with Crippen LogP contribution in [0.15, 0.2) is 30.3 Å². The van der Waals surface area contributed by atoms with Gasteiger partial charge in [0.1, 0.15) is 0 Å². The van der Waals surface area contributed by atoms with Gasteiger partial charge in [0.25, 0.3) is 0 Å². The third kappa shape index (κ3) is 4.82. The van der Waals surface area contributed by atoms with Crippen LogP contribution >= 0.6 is 0 Å². The van der Waals surface area contributed by atoms with Crippen LogP contribution < -0.4 is 17.0 Å². The first-order valence-corrected chi connectivity index (χ1v) is 2.26. The van der Waals surface area contributed by atoms with Gasteiger partial charge in [-0.25, -0.2) is 0 Å². The molecule has 44 valence electrons. The second kappa shape index (κ2) is 6.46. The molecular formula is C7H7BrMg. The Bertz CT molecular complexity index is 139. The molecule has 1 rings (SSSR count). The Kier molecular flexibility index (Phi) is 8.65. The molecule has 0 aromatic heterocycles. The molecule has 0 aliphatic rings. The molecule has 0 heterocycles. The maximum absolute atomic E-state index is 3.72. The minimum atomic E-state index is 0. The van der Waals surface area contributed by atoms with Gasteiger partial charge < -0.3 is 17.0 Å². The van der Waals surface area contributed by atoms with E-state index in [9.17, 15) is 0 Å². The summed E-state index contributed by atoms with van der Waals surface area (Å²) in [5.74, 6) is 0. The first-order valence-electron chi connectivity index (χ1n) is 2.26. The first kappa shape index (κ1) is 12.1. The number of halogens is 1. The zero-order valence-corrected chi connectivity index (χ0v) is 8.18. The van der Waals surface area contributed by atoms with E-state index in [1.165, 1.54) is 0 Å². The van der Waals surface area contributed by atoms with Crippen LogP contribution in [0.4, 0.5) is 0 Å². The Balaban J connectivity index is 0. The van der Waals surface area contributed by atoms with Gasteiger partial charge in [-0.2, -0.15) is 24.6 Å². The third-order valence-electron chi connectivity index (χ3n) is 0.843. The van der Waals surface area contributed by atoms with Crippen LogP contribution in [0.1, 0.15) is 5.56 Å². The SMILES string of the molecule is [Br-].[CH2-]c1ccccc1.[Mg+2]. The van der Waals surface area contributed by atoms with Crippen LogP contribution in [-0.4, -0.2) is 23.1 Å². The van der Waals surface area contributed by atoms with Crippen molar-refractivity contribution in [2.75, 3.05) is 0 Å². The standard InChI is InChI=1S/C7H7.BrH.Mg/c1-7-5-3-2-4-6-7;;/h2-6H,1H2;1H;/q-1;;+2/p-1. The van der Waals surface area contributed by atoms with E-state index in [1.54, 1.807) is 0 Å². The smallest absolute Gasteiger partial charge is 1.00 e. The fourth-order valence-electron chi connectivity index (χ4n) is 0.478. The summed E-state index contributed by atoms with van der Waals surface area (Å²) in [4.78, 5) is 0. The van der Waals surface area contributed by atoms with E-state index in [-0.39, 0.29) is 40.0 Å². The van der Waals surface area contributed by atoms with Gasteiger partial charge in [-0.3, -0.25) is 0 Å². The van der Waals surface area contributed by atoms with Crippen molar-refractivity contribution in [1.29, 1.82) is 0 Å². The largest absolute Gasteiger partial charge is 2.00 e. The average Bonchev–Trinajstić information content (AvgIpc) is 1.69. The van der Waals surface area contributed by atoms with E-state index < -0.39 is 0 Å². The number of benzene rings is 1. The van der Waals surface area contributed by atoms with Gasteiger partial charge in [0.05, 0.1) is 0 Å². The van der Waals surface area contributed by atoms with Gasteiger partial charge in [0.15, 0.2) is 0 Å². The molecule has 0 spiro atoms. The maximum Gasteiger partial charge on any atom is 2.00 e. The van der Waals surface area contributed by atoms with Crippen LogP contribution in [0.5, 0.6) is 0 Å². The Morgan fingerprint density at radius 2 is 1.44 bits per heavy atom. The van der Waals surface area contributed by atoms with Crippen LogP contribution in [0.3, 0.4) is 0 Å². The Labute approximate surface area is 82.6 Å². The van der Waals surface area contributed by atoms with E-state index in [1.807, 2.05) is 30.3 Å². The molecule has 1 aromatic carbocycles. The fraction of sp³-hybridized carbons (Fsp3) is 0. The molecule has 0 saturated carbocycles. The minimum absolute atomic E-state index is 0. The number of hydrogen-bond acceptors (Lipinski definition) is 0. The summed E-state index contributed by atoms with van der Waals surface area (Å²) < 4.78 is 0. The summed E-state index contributed by atoms with van der Waals surface area (Å²) in [5.41, 5.74) is 1.07. The van der Waals surface area contributed by atoms with E-state index in [4.69, 9.17) is 0 Å². The monoisotopic (exact) mass is 194 g/mol. The van der Waals surface area contributed by atoms with Crippen molar-refractivity contribution in [2.45, 2.75) is 0 Å². The van der Waals surface area contributed by atoms with Gasteiger partial charge in [-0.15, -0.1) is 12.1 Å². The van der Waals surface area contributed by atoms with Gasteiger partial charge in [-0.05, 0) is 0 Å². The molecule has 0 fully saturated rings. The minimum Gasteiger partial charge on any atom is -1.00 e. The summed E-state index contributed by atoms with van der Waals surface area (Å²) in [6.07, 6.45) is 0. The van der Waals surface area contributed by atoms with E-state index in [2.05, 4.69) is 6.92 Å². The predicted molar refractivity (Wildman–Crippen MR) is 36.7 cm³/mol. The van der Waals surface area contributed by atoms with E-state index in [0.29, 0.717) is 0 Å². The van der Waals surface area contributed by atoms with Crippen LogP contribution in [0.2, 0.25) is 0 Å². The van der Waals surface area contributed by atoms with Crippen molar-refractivity contribution < 1.29 is 17.0 Å². The maximum atomic E-state index is 3.72. The molecule has 0 saturated heterocycles. The molecule has 0 amide bonds. The second-order valence-corrected chi connectivity index (χ2v) is 1.49. The van der Waals surface area contributed by atoms with Crippen molar-refractivity contribution in [3.63, 3.8) is 0 Å². The molecule has 0 atom stereocenters. The summed E-state index contributed by atoms with van der Waals surface area (Å²) in [6, 6.07) is 9.87. The van der Waals surface area contributed by atoms with Crippen LogP contribution in [0.25, 0.3) is 0 Å². The zero-order valence-electron chi connectivity index (χ0n) is 5.18. The zero-order chi connectivity index (χ0) is 5.11. The van der Waals surface area contributed by atoms with Crippen molar-refractivity contribution in [2.24, 2.45) is 0 Å². The quantitative estimate of drug-likeness (QED) is 0.349. The summed E-state index contributed by atoms with van der Waals surface area (Å²) in [5, 5.41) is 0. The normalized spacial score (nSPS) is 6.67. The van der Waals surface area contributed by atoms with Gasteiger partial charge in [0, 0.05) is 0 Å². The molecule has 0 N–H and O–H groups in total. The van der Waals surface area contributed by atoms with Crippen LogP contribution in [-0.2, 0) is 0 Å². The Morgan fingerprint density at radius 1 is 1.00 bits per heavy atom. The molecule has 0 radical (unpaired) electrons. The molecule has 9 heavy (non-hydrogen) atoms. The fourth-order valence-corrected chi connectivity index (χ4v) is 0.478. The van der Waals surface area contributed by atoms with Crippen LogP contribution in [0, 0.1) is 6.92 Å². The molecule has 1 aromatic rings. The van der Waals surface area contributed by atoms with Crippen molar-refractivity contribution in [3.05, 3.63) is 42.8 Å². The van der Waals surface area contributed by atoms with Gasteiger partial charge in [0.2, 0.25) is 0 Å². The molecule has 0 bridgehead atoms. The molecular weight excluding hydrogens is 188 g/mol. The molecule has 0 aliphatic carbocycles. The number of hydrogen-bond donors (Lipinski definition) is 0. The molecule has 0 aliphatic heterocycles.